The molecule has 0 bridgehead atoms. The van der Waals surface area contributed by atoms with Crippen LogP contribution in [0, 0.1) is 0 Å². The Bertz CT molecular complexity index is 810. The van der Waals surface area contributed by atoms with E-state index in [-0.39, 0.29) is 24.3 Å². The second-order valence-corrected chi connectivity index (χ2v) is 8.23. The molecule has 0 aromatic heterocycles. The summed E-state index contributed by atoms with van der Waals surface area (Å²) in [7, 11) is 0. The molecule has 0 heterocycles. The fourth-order valence-corrected chi connectivity index (χ4v) is 3.21. The zero-order valence-electron chi connectivity index (χ0n) is 16.4. The van der Waals surface area contributed by atoms with Crippen LogP contribution in [0.4, 0.5) is 0 Å². The number of rotatable bonds is 8. The third kappa shape index (κ3) is 6.35. The van der Waals surface area contributed by atoms with E-state index in [1.165, 1.54) is 0 Å². The number of hydrogen-bond acceptors (Lipinski definition) is 2. The molecular weight excluding hydrogens is 440 g/mol. The lowest BCUT2D eigenvalue weighted by Crippen LogP contribution is -2.49. The van der Waals surface area contributed by atoms with Gasteiger partial charge in [0.1, 0.15) is 6.04 Å². The summed E-state index contributed by atoms with van der Waals surface area (Å²) in [4.78, 5) is 27.4. The zero-order valence-corrected chi connectivity index (χ0v) is 18.8. The maximum Gasteiger partial charge on any atom is 0.242 e. The van der Waals surface area contributed by atoms with Gasteiger partial charge in [0, 0.05) is 22.1 Å². The van der Waals surface area contributed by atoms with Gasteiger partial charge in [-0.15, -0.1) is 0 Å². The molecule has 2 rings (SSSR count). The average molecular weight is 466 g/mol. The van der Waals surface area contributed by atoms with Crippen LogP contribution in [0.15, 0.2) is 53.0 Å². The molecular formula is C22H26BrClN2O2. The number of nitrogens with zero attached hydrogens (tertiary/aromatic N) is 1. The van der Waals surface area contributed by atoms with Crippen LogP contribution in [0.5, 0.6) is 0 Å². The van der Waals surface area contributed by atoms with Gasteiger partial charge in [-0.25, -0.2) is 0 Å². The predicted octanol–water partition coefficient (Wildman–Crippen LogP) is 4.98. The summed E-state index contributed by atoms with van der Waals surface area (Å²) in [6, 6.07) is 14.5. The van der Waals surface area contributed by atoms with E-state index in [0.717, 1.165) is 22.0 Å². The van der Waals surface area contributed by atoms with Gasteiger partial charge in [-0.1, -0.05) is 64.8 Å². The van der Waals surface area contributed by atoms with E-state index in [2.05, 4.69) is 21.2 Å². The Morgan fingerprint density at radius 2 is 1.75 bits per heavy atom. The van der Waals surface area contributed by atoms with Crippen molar-refractivity contribution in [3.8, 4) is 0 Å². The number of hydrogen-bond donors (Lipinski definition) is 1. The van der Waals surface area contributed by atoms with Crippen LogP contribution in [-0.2, 0) is 22.6 Å². The van der Waals surface area contributed by atoms with Gasteiger partial charge in [-0.2, -0.15) is 0 Å². The summed E-state index contributed by atoms with van der Waals surface area (Å²) in [5.74, 6) is -0.290. The number of carbonyl (C=O) groups is 2. The van der Waals surface area contributed by atoms with Crippen LogP contribution >= 0.6 is 27.5 Å². The van der Waals surface area contributed by atoms with Gasteiger partial charge in [0.2, 0.25) is 11.8 Å². The van der Waals surface area contributed by atoms with Crippen molar-refractivity contribution in [1.82, 2.24) is 10.2 Å². The summed E-state index contributed by atoms with van der Waals surface area (Å²) in [6.07, 6.45) is 0.982. The molecule has 6 heteroatoms. The molecule has 0 fully saturated rings. The van der Waals surface area contributed by atoms with Crippen LogP contribution in [0.1, 0.15) is 38.3 Å². The van der Waals surface area contributed by atoms with E-state index in [4.69, 9.17) is 11.6 Å². The van der Waals surface area contributed by atoms with Crippen LogP contribution in [-0.4, -0.2) is 28.8 Å². The van der Waals surface area contributed by atoms with Crippen molar-refractivity contribution in [2.24, 2.45) is 0 Å². The van der Waals surface area contributed by atoms with Crippen LogP contribution in [0.3, 0.4) is 0 Å². The van der Waals surface area contributed by atoms with E-state index >= 15 is 0 Å². The van der Waals surface area contributed by atoms with E-state index in [1.807, 2.05) is 56.3 Å². The molecule has 28 heavy (non-hydrogen) atoms. The minimum atomic E-state index is -0.590. The fourth-order valence-electron chi connectivity index (χ4n) is 2.74. The predicted molar refractivity (Wildman–Crippen MR) is 117 cm³/mol. The lowest BCUT2D eigenvalue weighted by Gasteiger charge is -2.30. The zero-order chi connectivity index (χ0) is 20.7. The molecule has 0 aliphatic carbocycles. The molecule has 0 radical (unpaired) electrons. The number of benzene rings is 2. The van der Waals surface area contributed by atoms with Crippen molar-refractivity contribution in [2.75, 3.05) is 0 Å². The average Bonchev–Trinajstić information content (AvgIpc) is 2.68. The fraction of sp³-hybridized carbons (Fsp3) is 0.364. The first-order valence-electron chi connectivity index (χ1n) is 9.39. The molecule has 2 amide bonds. The summed E-state index contributed by atoms with van der Waals surface area (Å²) in [6.45, 7) is 6.08. The highest BCUT2D eigenvalue weighted by Gasteiger charge is 2.27. The van der Waals surface area contributed by atoms with E-state index in [9.17, 15) is 9.59 Å². The van der Waals surface area contributed by atoms with E-state index in [0.29, 0.717) is 11.6 Å². The summed E-state index contributed by atoms with van der Waals surface area (Å²) in [5.41, 5.74) is 1.71. The van der Waals surface area contributed by atoms with Gasteiger partial charge in [0.15, 0.2) is 0 Å². The molecule has 4 nitrogen and oxygen atoms in total. The van der Waals surface area contributed by atoms with Gasteiger partial charge in [-0.3, -0.25) is 9.59 Å². The first-order valence-corrected chi connectivity index (χ1v) is 10.6. The molecule has 2 atom stereocenters. The second kappa shape index (κ2) is 10.6. The lowest BCUT2D eigenvalue weighted by atomic mass is 10.1. The van der Waals surface area contributed by atoms with E-state index < -0.39 is 6.04 Å². The standard InChI is InChI=1S/C22H26BrClN2O2/c1-4-15(2)25-22(28)16(3)26(14-17-9-11-19(23)12-10-17)21(27)13-18-7-5-6-8-20(18)24/h5-12,15-16H,4,13-14H2,1-3H3,(H,25,28)/t15-,16-/m1/s1. The Kier molecular flexibility index (Phi) is 8.52. The Hall–Kier alpha value is -1.85. The maximum absolute atomic E-state index is 13.1. The number of nitrogens with one attached hydrogen (secondary N) is 1. The van der Waals surface area contributed by atoms with Crippen LogP contribution < -0.4 is 5.32 Å². The largest absolute Gasteiger partial charge is 0.352 e. The monoisotopic (exact) mass is 464 g/mol. The van der Waals surface area contributed by atoms with Crippen molar-refractivity contribution < 1.29 is 9.59 Å². The van der Waals surface area contributed by atoms with Crippen molar-refractivity contribution in [2.45, 2.75) is 52.2 Å². The molecule has 0 aliphatic rings. The molecule has 0 unspecified atom stereocenters. The summed E-state index contributed by atoms with van der Waals surface area (Å²) < 4.78 is 0.966. The van der Waals surface area contributed by atoms with Crippen LogP contribution in [0.2, 0.25) is 5.02 Å². The second-order valence-electron chi connectivity index (χ2n) is 6.91. The van der Waals surface area contributed by atoms with Gasteiger partial charge in [-0.05, 0) is 49.6 Å². The van der Waals surface area contributed by atoms with Gasteiger partial charge in [0.25, 0.3) is 0 Å². The normalized spacial score (nSPS) is 12.9. The van der Waals surface area contributed by atoms with Gasteiger partial charge in [0.05, 0.1) is 6.42 Å². The number of amides is 2. The molecule has 2 aromatic rings. The highest BCUT2D eigenvalue weighted by molar-refractivity contribution is 9.10. The smallest absolute Gasteiger partial charge is 0.242 e. The summed E-state index contributed by atoms with van der Waals surface area (Å²) in [5, 5.41) is 3.52. The first-order chi connectivity index (χ1) is 13.3. The molecule has 150 valence electrons. The van der Waals surface area contributed by atoms with E-state index in [1.54, 1.807) is 17.9 Å². The highest BCUT2D eigenvalue weighted by Crippen LogP contribution is 2.19. The topological polar surface area (TPSA) is 49.4 Å². The van der Waals surface area contributed by atoms with Crippen molar-refractivity contribution in [3.63, 3.8) is 0 Å². The quantitative estimate of drug-likeness (QED) is 0.598. The van der Waals surface area contributed by atoms with Gasteiger partial charge < -0.3 is 10.2 Å². The number of carbonyl (C=O) groups excluding carboxylic acids is 2. The van der Waals surface area contributed by atoms with Crippen LogP contribution in [0.25, 0.3) is 0 Å². The highest BCUT2D eigenvalue weighted by atomic mass is 79.9. The molecule has 0 saturated carbocycles. The SMILES string of the molecule is CC[C@@H](C)NC(=O)[C@@H](C)N(Cc1ccc(Br)cc1)C(=O)Cc1ccccc1Cl. The minimum absolute atomic E-state index is 0.0585. The lowest BCUT2D eigenvalue weighted by molar-refractivity contribution is -0.140. The van der Waals surface area contributed by atoms with Crippen molar-refractivity contribution >= 4 is 39.3 Å². The molecule has 2 aromatic carbocycles. The first kappa shape index (κ1) is 22.4. The Balaban J connectivity index is 2.23. The minimum Gasteiger partial charge on any atom is -0.352 e. The molecule has 1 N–H and O–H groups in total. The molecule has 0 saturated heterocycles. The maximum atomic E-state index is 13.1. The third-order valence-corrected chi connectivity index (χ3v) is 5.63. The Morgan fingerprint density at radius 1 is 1.11 bits per heavy atom. The third-order valence-electron chi connectivity index (χ3n) is 4.73. The van der Waals surface area contributed by atoms with Crippen molar-refractivity contribution in [1.29, 1.82) is 0 Å². The number of halogens is 2. The van der Waals surface area contributed by atoms with Gasteiger partial charge >= 0.3 is 0 Å². The molecule has 0 spiro atoms. The molecule has 0 aliphatic heterocycles. The Labute approximate surface area is 180 Å². The van der Waals surface area contributed by atoms with Crippen molar-refractivity contribution in [3.05, 3.63) is 69.2 Å². The Morgan fingerprint density at radius 3 is 2.36 bits per heavy atom. The summed E-state index contributed by atoms with van der Waals surface area (Å²) >= 11 is 9.65.